The molecule has 3 atom stereocenters. The van der Waals surface area contributed by atoms with E-state index < -0.39 is 35.9 Å². The smallest absolute Gasteiger partial charge is 0.326 e. The van der Waals surface area contributed by atoms with Crippen molar-refractivity contribution in [1.82, 2.24) is 15.5 Å². The Labute approximate surface area is 210 Å². The Kier molecular flexibility index (Phi) is 9.05. The second-order valence-electron chi connectivity index (χ2n) is 9.29. The van der Waals surface area contributed by atoms with Gasteiger partial charge in [0.25, 0.3) is 5.91 Å². The molecule has 36 heavy (non-hydrogen) atoms. The van der Waals surface area contributed by atoms with Gasteiger partial charge in [-0.15, -0.1) is 0 Å². The molecule has 0 bridgehead atoms. The molecule has 2 aromatic carbocycles. The van der Waals surface area contributed by atoms with Crippen molar-refractivity contribution in [2.45, 2.75) is 51.2 Å². The predicted molar refractivity (Wildman–Crippen MR) is 134 cm³/mol. The molecule has 0 fully saturated rings. The standard InChI is InChI=1S/C27H33N3O6/c1-17(2)24-26(33)30(3)19(15-18-9-5-4-6-10-18)16-36-22-12-8-7-11-20(22)25(32)28-21(27(34)35)13-14-23(31)29-24/h4-12,17,19,21,24H,13-16H2,1-3H3,(H,28,32)(H,29,31)(H,34,35)/t19-,21+,24+/m1/s1. The zero-order valence-electron chi connectivity index (χ0n) is 20.8. The van der Waals surface area contributed by atoms with Crippen LogP contribution in [0, 0.1) is 5.92 Å². The van der Waals surface area contributed by atoms with Crippen molar-refractivity contribution in [1.29, 1.82) is 0 Å². The summed E-state index contributed by atoms with van der Waals surface area (Å²) in [7, 11) is 1.68. The van der Waals surface area contributed by atoms with E-state index in [4.69, 9.17) is 4.74 Å². The van der Waals surface area contributed by atoms with Gasteiger partial charge >= 0.3 is 5.97 Å². The fourth-order valence-electron chi connectivity index (χ4n) is 4.09. The maximum Gasteiger partial charge on any atom is 0.326 e. The molecule has 3 amide bonds. The highest BCUT2D eigenvalue weighted by Crippen LogP contribution is 2.21. The van der Waals surface area contributed by atoms with Crippen LogP contribution in [-0.4, -0.2) is 65.5 Å². The summed E-state index contributed by atoms with van der Waals surface area (Å²) in [5.74, 6) is -2.51. The normalized spacial score (nSPS) is 21.9. The van der Waals surface area contributed by atoms with Crippen LogP contribution in [0.1, 0.15) is 42.6 Å². The minimum absolute atomic E-state index is 0.0859. The molecule has 3 N–H and O–H groups in total. The van der Waals surface area contributed by atoms with Crippen LogP contribution < -0.4 is 15.4 Å². The van der Waals surface area contributed by atoms with E-state index in [-0.39, 0.29) is 42.6 Å². The molecule has 1 aliphatic heterocycles. The summed E-state index contributed by atoms with van der Waals surface area (Å²) in [6, 6.07) is 13.7. The number of ether oxygens (including phenoxy) is 1. The van der Waals surface area contributed by atoms with Crippen LogP contribution in [0.15, 0.2) is 54.6 Å². The zero-order valence-corrected chi connectivity index (χ0v) is 20.8. The van der Waals surface area contributed by atoms with Crippen molar-refractivity contribution in [2.75, 3.05) is 13.7 Å². The summed E-state index contributed by atoms with van der Waals surface area (Å²) >= 11 is 0. The molecule has 192 valence electrons. The van der Waals surface area contributed by atoms with E-state index in [1.807, 2.05) is 44.2 Å². The molecule has 2 aromatic rings. The van der Waals surface area contributed by atoms with Gasteiger partial charge in [-0.1, -0.05) is 56.3 Å². The fourth-order valence-corrected chi connectivity index (χ4v) is 4.09. The maximum absolute atomic E-state index is 13.5. The van der Waals surface area contributed by atoms with Gasteiger partial charge in [0.15, 0.2) is 0 Å². The molecule has 0 aliphatic carbocycles. The summed E-state index contributed by atoms with van der Waals surface area (Å²) < 4.78 is 6.06. The van der Waals surface area contributed by atoms with Gasteiger partial charge in [-0.3, -0.25) is 14.4 Å². The number of nitrogens with zero attached hydrogens (tertiary/aromatic N) is 1. The Morgan fingerprint density at radius 2 is 1.72 bits per heavy atom. The first-order valence-electron chi connectivity index (χ1n) is 12.0. The molecule has 0 aromatic heterocycles. The van der Waals surface area contributed by atoms with Gasteiger partial charge in [0, 0.05) is 13.5 Å². The van der Waals surface area contributed by atoms with Gasteiger partial charge < -0.3 is 25.4 Å². The lowest BCUT2D eigenvalue weighted by molar-refractivity contribution is -0.140. The lowest BCUT2D eigenvalue weighted by atomic mass is 9.99. The van der Waals surface area contributed by atoms with E-state index in [1.165, 1.54) is 0 Å². The number of aliphatic carboxylic acids is 1. The molecule has 3 rings (SSSR count). The Balaban J connectivity index is 1.99. The number of likely N-dealkylation sites (N-methyl/N-ethyl adjacent to an activating group) is 1. The number of para-hydroxylation sites is 1. The van der Waals surface area contributed by atoms with Crippen molar-refractivity contribution in [3.05, 3.63) is 65.7 Å². The molecule has 0 saturated carbocycles. The first-order valence-corrected chi connectivity index (χ1v) is 12.0. The number of amides is 3. The van der Waals surface area contributed by atoms with Gasteiger partial charge in [0.05, 0.1) is 11.6 Å². The molecule has 1 aliphatic rings. The fraction of sp³-hybridized carbons (Fsp3) is 0.407. The average Bonchev–Trinajstić information content (AvgIpc) is 2.86. The van der Waals surface area contributed by atoms with Crippen LogP contribution in [0.5, 0.6) is 5.75 Å². The van der Waals surface area contributed by atoms with E-state index in [0.717, 1.165) is 5.56 Å². The monoisotopic (exact) mass is 495 g/mol. The largest absolute Gasteiger partial charge is 0.491 e. The molecule has 9 nitrogen and oxygen atoms in total. The average molecular weight is 496 g/mol. The molecule has 0 saturated heterocycles. The minimum atomic E-state index is -1.27. The first kappa shape index (κ1) is 26.7. The SMILES string of the molecule is CC(C)[C@@H]1NC(=O)CC[C@@H](C(=O)O)NC(=O)c2ccccc2OC[C@@H](Cc2ccccc2)N(C)C1=O. The summed E-state index contributed by atoms with van der Waals surface area (Å²) in [6.07, 6.45) is 0.210. The van der Waals surface area contributed by atoms with E-state index in [9.17, 15) is 24.3 Å². The third kappa shape index (κ3) is 6.84. The number of carboxylic acid groups (broad SMARTS) is 1. The van der Waals surface area contributed by atoms with Gasteiger partial charge in [0.2, 0.25) is 11.8 Å². The van der Waals surface area contributed by atoms with Crippen LogP contribution >= 0.6 is 0 Å². The van der Waals surface area contributed by atoms with Crippen LogP contribution in [0.4, 0.5) is 0 Å². The number of carbonyl (C=O) groups excluding carboxylic acids is 3. The Morgan fingerprint density at radius 1 is 1.06 bits per heavy atom. The minimum Gasteiger partial charge on any atom is -0.491 e. The quantitative estimate of drug-likeness (QED) is 0.598. The molecular weight excluding hydrogens is 462 g/mol. The summed E-state index contributed by atoms with van der Waals surface area (Å²) in [5.41, 5.74) is 1.18. The molecule has 9 heteroatoms. The van der Waals surface area contributed by atoms with Crippen molar-refractivity contribution < 1.29 is 29.0 Å². The maximum atomic E-state index is 13.5. The van der Waals surface area contributed by atoms with Crippen LogP contribution in [0.3, 0.4) is 0 Å². The van der Waals surface area contributed by atoms with E-state index in [0.29, 0.717) is 6.42 Å². The second kappa shape index (κ2) is 12.2. The zero-order chi connectivity index (χ0) is 26.2. The summed E-state index contributed by atoms with van der Waals surface area (Å²) in [5, 5.41) is 14.8. The number of hydrogen-bond acceptors (Lipinski definition) is 5. The van der Waals surface area contributed by atoms with Gasteiger partial charge in [-0.25, -0.2) is 4.79 Å². The number of rotatable bonds is 4. The van der Waals surface area contributed by atoms with Crippen molar-refractivity contribution in [3.63, 3.8) is 0 Å². The number of benzene rings is 2. The molecular formula is C27H33N3O6. The third-order valence-electron chi connectivity index (χ3n) is 6.29. The van der Waals surface area contributed by atoms with Crippen LogP contribution in [0.25, 0.3) is 0 Å². The number of carboxylic acids is 1. The highest BCUT2D eigenvalue weighted by Gasteiger charge is 2.32. The predicted octanol–water partition coefficient (Wildman–Crippen LogP) is 2.25. The van der Waals surface area contributed by atoms with Crippen molar-refractivity contribution in [3.8, 4) is 5.75 Å². The van der Waals surface area contributed by atoms with Crippen molar-refractivity contribution >= 4 is 23.7 Å². The Hall–Kier alpha value is -3.88. The molecule has 1 heterocycles. The first-order chi connectivity index (χ1) is 17.2. The van der Waals surface area contributed by atoms with Gasteiger partial charge in [0.1, 0.15) is 24.4 Å². The number of nitrogens with one attached hydrogen (secondary N) is 2. The highest BCUT2D eigenvalue weighted by atomic mass is 16.5. The summed E-state index contributed by atoms with van der Waals surface area (Å²) in [6.45, 7) is 3.76. The Morgan fingerprint density at radius 3 is 2.39 bits per heavy atom. The van der Waals surface area contributed by atoms with E-state index in [2.05, 4.69) is 10.6 Å². The number of carbonyl (C=O) groups is 4. The van der Waals surface area contributed by atoms with Crippen LogP contribution in [-0.2, 0) is 20.8 Å². The number of hydrogen-bond donors (Lipinski definition) is 3. The van der Waals surface area contributed by atoms with E-state index in [1.54, 1.807) is 36.2 Å². The second-order valence-corrected chi connectivity index (χ2v) is 9.29. The molecule has 0 spiro atoms. The highest BCUT2D eigenvalue weighted by molar-refractivity contribution is 5.99. The van der Waals surface area contributed by atoms with Gasteiger partial charge in [-0.05, 0) is 36.5 Å². The Bertz CT molecular complexity index is 1090. The van der Waals surface area contributed by atoms with E-state index >= 15 is 0 Å². The molecule has 0 unspecified atom stereocenters. The molecule has 0 radical (unpaired) electrons. The topological polar surface area (TPSA) is 125 Å². The van der Waals surface area contributed by atoms with Crippen molar-refractivity contribution in [2.24, 2.45) is 5.92 Å². The lowest BCUT2D eigenvalue weighted by Crippen LogP contribution is -2.54. The number of fused-ring (bicyclic) bond motifs is 1. The van der Waals surface area contributed by atoms with Crippen LogP contribution in [0.2, 0.25) is 0 Å². The van der Waals surface area contributed by atoms with Gasteiger partial charge in [-0.2, -0.15) is 0 Å². The summed E-state index contributed by atoms with van der Waals surface area (Å²) in [4.78, 5) is 52.5. The third-order valence-corrected chi connectivity index (χ3v) is 6.29. The lowest BCUT2D eigenvalue weighted by Gasteiger charge is -2.33.